The van der Waals surface area contributed by atoms with Gasteiger partial charge in [-0.1, -0.05) is 18.2 Å². The summed E-state index contributed by atoms with van der Waals surface area (Å²) < 4.78 is 0. The minimum Gasteiger partial charge on any atom is -0.330 e. The Bertz CT molecular complexity index is 340. The molecule has 2 rings (SSSR count). The minimum atomic E-state index is 0.712. The van der Waals surface area contributed by atoms with Crippen molar-refractivity contribution in [1.29, 1.82) is 0 Å². The molecule has 0 bridgehead atoms. The number of nitrogens with zero attached hydrogens (tertiary/aromatic N) is 1. The monoisotopic (exact) mass is 218 g/mol. The van der Waals surface area contributed by atoms with Crippen molar-refractivity contribution in [1.82, 2.24) is 4.90 Å². The number of benzene rings is 1. The van der Waals surface area contributed by atoms with Crippen LogP contribution in [0.1, 0.15) is 23.1 Å². The standard InChI is InChI=1S/C14H22N2/c1-11-4-3-5-12(2)14(11)10-16-7-6-13(8-15)9-16/h3-5,13H,6-10,15H2,1-2H3. The van der Waals surface area contributed by atoms with Crippen LogP contribution in [0, 0.1) is 19.8 Å². The lowest BCUT2D eigenvalue weighted by molar-refractivity contribution is 0.316. The van der Waals surface area contributed by atoms with Crippen LogP contribution in [0.25, 0.3) is 0 Å². The van der Waals surface area contributed by atoms with E-state index in [9.17, 15) is 0 Å². The van der Waals surface area contributed by atoms with E-state index < -0.39 is 0 Å². The molecule has 0 radical (unpaired) electrons. The second-order valence-electron chi connectivity index (χ2n) is 5.00. The molecule has 0 saturated carbocycles. The van der Waals surface area contributed by atoms with Crippen molar-refractivity contribution in [2.45, 2.75) is 26.8 Å². The first kappa shape index (κ1) is 11.6. The molecule has 0 aliphatic carbocycles. The molecule has 2 heteroatoms. The average Bonchev–Trinajstić information content (AvgIpc) is 2.71. The molecule has 1 saturated heterocycles. The summed E-state index contributed by atoms with van der Waals surface area (Å²) >= 11 is 0. The Morgan fingerprint density at radius 1 is 1.31 bits per heavy atom. The van der Waals surface area contributed by atoms with Gasteiger partial charge in [0, 0.05) is 13.1 Å². The molecule has 1 aliphatic rings. The van der Waals surface area contributed by atoms with Gasteiger partial charge in [-0.05, 0) is 56.0 Å². The number of hydrogen-bond donors (Lipinski definition) is 1. The lowest BCUT2D eigenvalue weighted by Crippen LogP contribution is -2.23. The first-order valence-corrected chi connectivity index (χ1v) is 6.18. The van der Waals surface area contributed by atoms with E-state index in [1.54, 1.807) is 0 Å². The van der Waals surface area contributed by atoms with Gasteiger partial charge < -0.3 is 5.73 Å². The van der Waals surface area contributed by atoms with Crippen LogP contribution < -0.4 is 5.73 Å². The van der Waals surface area contributed by atoms with E-state index in [0.29, 0.717) is 5.92 Å². The van der Waals surface area contributed by atoms with Crippen LogP contribution in [-0.2, 0) is 6.54 Å². The van der Waals surface area contributed by atoms with E-state index in [0.717, 1.165) is 13.1 Å². The van der Waals surface area contributed by atoms with Crippen LogP contribution >= 0.6 is 0 Å². The molecular weight excluding hydrogens is 196 g/mol. The van der Waals surface area contributed by atoms with Crippen LogP contribution in [0.3, 0.4) is 0 Å². The molecule has 1 atom stereocenters. The fourth-order valence-electron chi connectivity index (χ4n) is 2.57. The highest BCUT2D eigenvalue weighted by Gasteiger charge is 2.21. The maximum absolute atomic E-state index is 5.72. The molecule has 1 aromatic rings. The SMILES string of the molecule is Cc1cccc(C)c1CN1CCC(CN)C1. The molecule has 2 N–H and O–H groups in total. The summed E-state index contributed by atoms with van der Waals surface area (Å²) in [5.41, 5.74) is 10.0. The average molecular weight is 218 g/mol. The second-order valence-corrected chi connectivity index (χ2v) is 5.00. The van der Waals surface area contributed by atoms with Crippen molar-refractivity contribution in [2.75, 3.05) is 19.6 Å². The topological polar surface area (TPSA) is 29.3 Å². The van der Waals surface area contributed by atoms with Gasteiger partial charge in [-0.3, -0.25) is 4.90 Å². The highest BCUT2D eigenvalue weighted by molar-refractivity contribution is 5.33. The van der Waals surface area contributed by atoms with Crippen molar-refractivity contribution >= 4 is 0 Å². The third kappa shape index (κ3) is 2.45. The Morgan fingerprint density at radius 3 is 2.56 bits per heavy atom. The maximum atomic E-state index is 5.72. The molecule has 1 aromatic carbocycles. The Hall–Kier alpha value is -0.860. The summed E-state index contributed by atoms with van der Waals surface area (Å²) in [5.74, 6) is 0.712. The van der Waals surface area contributed by atoms with Gasteiger partial charge >= 0.3 is 0 Å². The van der Waals surface area contributed by atoms with Gasteiger partial charge in [0.05, 0.1) is 0 Å². The number of likely N-dealkylation sites (tertiary alicyclic amines) is 1. The molecule has 88 valence electrons. The van der Waals surface area contributed by atoms with Crippen molar-refractivity contribution < 1.29 is 0 Å². The van der Waals surface area contributed by atoms with Gasteiger partial charge in [0.15, 0.2) is 0 Å². The first-order chi connectivity index (χ1) is 7.70. The Kier molecular flexibility index (Phi) is 3.62. The summed E-state index contributed by atoms with van der Waals surface area (Å²) in [4.78, 5) is 2.53. The van der Waals surface area contributed by atoms with E-state index in [1.165, 1.54) is 36.2 Å². The number of rotatable bonds is 3. The molecule has 1 fully saturated rings. The van der Waals surface area contributed by atoms with Crippen LogP contribution in [0.4, 0.5) is 0 Å². The smallest absolute Gasteiger partial charge is 0.0239 e. The lowest BCUT2D eigenvalue weighted by Gasteiger charge is -2.19. The minimum absolute atomic E-state index is 0.712. The van der Waals surface area contributed by atoms with Gasteiger partial charge in [0.25, 0.3) is 0 Å². The summed E-state index contributed by atoms with van der Waals surface area (Å²) in [6, 6.07) is 6.55. The molecule has 16 heavy (non-hydrogen) atoms. The van der Waals surface area contributed by atoms with E-state index in [4.69, 9.17) is 5.73 Å². The number of aryl methyl sites for hydroxylation is 2. The zero-order valence-corrected chi connectivity index (χ0v) is 10.4. The largest absolute Gasteiger partial charge is 0.330 e. The van der Waals surface area contributed by atoms with Crippen molar-refractivity contribution in [3.8, 4) is 0 Å². The van der Waals surface area contributed by atoms with Gasteiger partial charge in [0.1, 0.15) is 0 Å². The van der Waals surface area contributed by atoms with Gasteiger partial charge in [0.2, 0.25) is 0 Å². The maximum Gasteiger partial charge on any atom is 0.0239 e. The Balaban J connectivity index is 2.04. The van der Waals surface area contributed by atoms with Gasteiger partial charge in [-0.15, -0.1) is 0 Å². The molecule has 0 aromatic heterocycles. The highest BCUT2D eigenvalue weighted by atomic mass is 15.1. The third-order valence-electron chi connectivity index (χ3n) is 3.73. The molecule has 2 nitrogen and oxygen atoms in total. The normalized spacial score (nSPS) is 21.6. The first-order valence-electron chi connectivity index (χ1n) is 6.18. The summed E-state index contributed by atoms with van der Waals surface area (Å²) in [7, 11) is 0. The summed E-state index contributed by atoms with van der Waals surface area (Å²) in [6.07, 6.45) is 1.27. The molecular formula is C14H22N2. The summed E-state index contributed by atoms with van der Waals surface area (Å²) in [6.45, 7) is 8.72. The highest BCUT2D eigenvalue weighted by Crippen LogP contribution is 2.21. The molecule has 1 unspecified atom stereocenters. The zero-order valence-electron chi connectivity index (χ0n) is 10.4. The predicted octanol–water partition coefficient (Wildman–Crippen LogP) is 2.08. The molecule has 0 spiro atoms. The number of nitrogens with two attached hydrogens (primary N) is 1. The van der Waals surface area contributed by atoms with Crippen LogP contribution in [0.2, 0.25) is 0 Å². The fourth-order valence-corrected chi connectivity index (χ4v) is 2.57. The second kappa shape index (κ2) is 4.98. The lowest BCUT2D eigenvalue weighted by atomic mass is 10.0. The van der Waals surface area contributed by atoms with Crippen molar-refractivity contribution in [3.05, 3.63) is 34.9 Å². The Labute approximate surface area is 98.4 Å². The summed E-state index contributed by atoms with van der Waals surface area (Å²) in [5, 5.41) is 0. The van der Waals surface area contributed by atoms with E-state index >= 15 is 0 Å². The van der Waals surface area contributed by atoms with Gasteiger partial charge in [-0.25, -0.2) is 0 Å². The van der Waals surface area contributed by atoms with E-state index in [2.05, 4.69) is 36.9 Å². The van der Waals surface area contributed by atoms with E-state index in [-0.39, 0.29) is 0 Å². The van der Waals surface area contributed by atoms with Gasteiger partial charge in [-0.2, -0.15) is 0 Å². The zero-order chi connectivity index (χ0) is 11.5. The van der Waals surface area contributed by atoms with Crippen LogP contribution in [-0.4, -0.2) is 24.5 Å². The Morgan fingerprint density at radius 2 is 2.00 bits per heavy atom. The molecule has 0 amide bonds. The van der Waals surface area contributed by atoms with Crippen molar-refractivity contribution in [3.63, 3.8) is 0 Å². The number of hydrogen-bond acceptors (Lipinski definition) is 2. The molecule has 1 heterocycles. The van der Waals surface area contributed by atoms with Crippen LogP contribution in [0.5, 0.6) is 0 Å². The quantitative estimate of drug-likeness (QED) is 0.841. The van der Waals surface area contributed by atoms with Crippen LogP contribution in [0.15, 0.2) is 18.2 Å². The third-order valence-corrected chi connectivity index (χ3v) is 3.73. The van der Waals surface area contributed by atoms with Crippen molar-refractivity contribution in [2.24, 2.45) is 11.7 Å². The fraction of sp³-hybridized carbons (Fsp3) is 0.571. The van der Waals surface area contributed by atoms with E-state index in [1.807, 2.05) is 0 Å². The predicted molar refractivity (Wildman–Crippen MR) is 68.4 cm³/mol. The molecule has 1 aliphatic heterocycles.